The summed E-state index contributed by atoms with van der Waals surface area (Å²) >= 11 is 0. The summed E-state index contributed by atoms with van der Waals surface area (Å²) in [4.78, 5) is 2.44. The van der Waals surface area contributed by atoms with Crippen molar-refractivity contribution in [1.82, 2.24) is 4.90 Å². The van der Waals surface area contributed by atoms with Crippen molar-refractivity contribution in [2.75, 3.05) is 13.1 Å². The van der Waals surface area contributed by atoms with Gasteiger partial charge in [-0.15, -0.1) is 0 Å². The minimum atomic E-state index is -0.723. The molecular formula is C16H24FNO. The fourth-order valence-electron chi connectivity index (χ4n) is 2.64. The fourth-order valence-corrected chi connectivity index (χ4v) is 2.64. The number of hydrogen-bond donors (Lipinski definition) is 1. The first-order valence-electron chi connectivity index (χ1n) is 7.30. The molecule has 1 aliphatic rings. The van der Waals surface area contributed by atoms with Gasteiger partial charge in [0, 0.05) is 18.2 Å². The summed E-state index contributed by atoms with van der Waals surface area (Å²) < 4.78 is 13.7. The van der Waals surface area contributed by atoms with Crippen LogP contribution in [0, 0.1) is 11.7 Å². The van der Waals surface area contributed by atoms with Crippen LogP contribution in [0.15, 0.2) is 24.3 Å². The summed E-state index contributed by atoms with van der Waals surface area (Å²) in [6.07, 6.45) is 2.93. The zero-order valence-electron chi connectivity index (χ0n) is 11.8. The average Bonchev–Trinajstić information content (AvgIpc) is 3.22. The molecule has 0 radical (unpaired) electrons. The molecule has 0 amide bonds. The van der Waals surface area contributed by atoms with Gasteiger partial charge in [-0.05, 0) is 37.8 Å². The highest BCUT2D eigenvalue weighted by molar-refractivity contribution is 5.20. The van der Waals surface area contributed by atoms with Crippen LogP contribution in [-0.2, 0) is 0 Å². The van der Waals surface area contributed by atoms with Crippen molar-refractivity contribution >= 4 is 0 Å². The molecule has 2 nitrogen and oxygen atoms in total. The van der Waals surface area contributed by atoms with Crippen LogP contribution < -0.4 is 0 Å². The van der Waals surface area contributed by atoms with E-state index in [1.54, 1.807) is 18.2 Å². The Morgan fingerprint density at radius 3 is 2.63 bits per heavy atom. The molecule has 0 spiro atoms. The van der Waals surface area contributed by atoms with Gasteiger partial charge < -0.3 is 10.0 Å². The van der Waals surface area contributed by atoms with E-state index < -0.39 is 6.10 Å². The summed E-state index contributed by atoms with van der Waals surface area (Å²) in [6, 6.07) is 7.21. The van der Waals surface area contributed by atoms with Crippen molar-refractivity contribution in [3.63, 3.8) is 0 Å². The Labute approximate surface area is 115 Å². The summed E-state index contributed by atoms with van der Waals surface area (Å²) in [5.41, 5.74) is 0.419. The van der Waals surface area contributed by atoms with E-state index >= 15 is 0 Å². The van der Waals surface area contributed by atoms with Crippen molar-refractivity contribution in [1.29, 1.82) is 0 Å². The van der Waals surface area contributed by atoms with Gasteiger partial charge in [-0.2, -0.15) is 0 Å². The minimum Gasteiger partial charge on any atom is -0.388 e. The third-order valence-corrected chi connectivity index (χ3v) is 3.86. The molecule has 2 rings (SSSR count). The quantitative estimate of drug-likeness (QED) is 0.817. The molecule has 1 aliphatic carbocycles. The molecule has 1 aromatic rings. The first-order chi connectivity index (χ1) is 9.13. The molecule has 0 aliphatic heterocycles. The van der Waals surface area contributed by atoms with E-state index in [1.165, 1.54) is 18.9 Å². The molecule has 0 bridgehead atoms. The zero-order chi connectivity index (χ0) is 13.8. The van der Waals surface area contributed by atoms with Gasteiger partial charge in [-0.1, -0.05) is 32.0 Å². The molecular weight excluding hydrogens is 241 g/mol. The Hall–Kier alpha value is -0.930. The third kappa shape index (κ3) is 3.77. The molecule has 1 N–H and O–H groups in total. The second-order valence-electron chi connectivity index (χ2n) is 5.67. The number of benzene rings is 1. The monoisotopic (exact) mass is 265 g/mol. The molecule has 2 atom stereocenters. The lowest BCUT2D eigenvalue weighted by Crippen LogP contribution is -2.33. The first kappa shape index (κ1) is 14.5. The van der Waals surface area contributed by atoms with Gasteiger partial charge in [0.2, 0.25) is 0 Å². The van der Waals surface area contributed by atoms with E-state index in [0.29, 0.717) is 11.6 Å². The molecule has 0 aromatic heterocycles. The highest BCUT2D eigenvalue weighted by Gasteiger charge is 2.31. The molecule has 1 fully saturated rings. The van der Waals surface area contributed by atoms with Crippen LogP contribution in [0.4, 0.5) is 4.39 Å². The highest BCUT2D eigenvalue weighted by Crippen LogP contribution is 2.31. The molecule has 106 valence electrons. The van der Waals surface area contributed by atoms with E-state index in [2.05, 4.69) is 11.8 Å². The van der Waals surface area contributed by atoms with Crippen molar-refractivity contribution in [3.8, 4) is 0 Å². The average molecular weight is 265 g/mol. The predicted octanol–water partition coefficient (Wildman–Crippen LogP) is 3.37. The van der Waals surface area contributed by atoms with Gasteiger partial charge in [0.1, 0.15) is 5.82 Å². The van der Waals surface area contributed by atoms with Crippen LogP contribution in [0.2, 0.25) is 0 Å². The van der Waals surface area contributed by atoms with Crippen LogP contribution in [-0.4, -0.2) is 29.1 Å². The van der Waals surface area contributed by atoms with Gasteiger partial charge in [0.05, 0.1) is 6.10 Å². The standard InChI is InChI=1S/C16H24FNO/c1-3-10-18(13-8-9-13)11-12(2)16(19)14-6-4-5-7-15(14)17/h4-7,12-13,16,19H,3,8-11H2,1-2H3. The van der Waals surface area contributed by atoms with Crippen LogP contribution in [0.25, 0.3) is 0 Å². The Morgan fingerprint density at radius 1 is 1.37 bits per heavy atom. The van der Waals surface area contributed by atoms with E-state index in [-0.39, 0.29) is 11.7 Å². The number of hydrogen-bond acceptors (Lipinski definition) is 2. The largest absolute Gasteiger partial charge is 0.388 e. The molecule has 0 heterocycles. The number of halogens is 1. The molecule has 1 aromatic carbocycles. The lowest BCUT2D eigenvalue weighted by Gasteiger charge is -2.28. The molecule has 3 heteroatoms. The fraction of sp³-hybridized carbons (Fsp3) is 0.625. The van der Waals surface area contributed by atoms with Gasteiger partial charge in [-0.25, -0.2) is 4.39 Å². The number of aliphatic hydroxyl groups excluding tert-OH is 1. The van der Waals surface area contributed by atoms with Gasteiger partial charge in [-0.3, -0.25) is 0 Å². The molecule has 0 saturated heterocycles. The molecule has 2 unspecified atom stereocenters. The van der Waals surface area contributed by atoms with Crippen molar-refractivity contribution in [2.45, 2.75) is 45.3 Å². The zero-order valence-corrected chi connectivity index (χ0v) is 11.8. The summed E-state index contributed by atoms with van der Waals surface area (Å²) in [7, 11) is 0. The van der Waals surface area contributed by atoms with E-state index in [9.17, 15) is 9.50 Å². The summed E-state index contributed by atoms with van der Waals surface area (Å²) in [6.45, 7) is 6.09. The summed E-state index contributed by atoms with van der Waals surface area (Å²) in [5.74, 6) is -0.264. The molecule has 1 saturated carbocycles. The number of nitrogens with zero attached hydrogens (tertiary/aromatic N) is 1. The Balaban J connectivity index is 1.98. The Morgan fingerprint density at radius 2 is 2.05 bits per heavy atom. The normalized spacial score (nSPS) is 18.6. The second-order valence-corrected chi connectivity index (χ2v) is 5.67. The first-order valence-corrected chi connectivity index (χ1v) is 7.30. The van der Waals surface area contributed by atoms with Gasteiger partial charge >= 0.3 is 0 Å². The van der Waals surface area contributed by atoms with Gasteiger partial charge in [0.25, 0.3) is 0 Å². The second kappa shape index (κ2) is 6.49. The minimum absolute atomic E-state index is 0.0454. The van der Waals surface area contributed by atoms with Crippen LogP contribution in [0.5, 0.6) is 0 Å². The third-order valence-electron chi connectivity index (χ3n) is 3.86. The maximum atomic E-state index is 13.7. The smallest absolute Gasteiger partial charge is 0.129 e. The highest BCUT2D eigenvalue weighted by atomic mass is 19.1. The molecule has 19 heavy (non-hydrogen) atoms. The van der Waals surface area contributed by atoms with E-state index in [1.807, 2.05) is 6.92 Å². The Kier molecular flexibility index (Phi) is 4.94. The van der Waals surface area contributed by atoms with Crippen molar-refractivity contribution in [2.24, 2.45) is 5.92 Å². The van der Waals surface area contributed by atoms with E-state index in [4.69, 9.17) is 0 Å². The van der Waals surface area contributed by atoms with Gasteiger partial charge in [0.15, 0.2) is 0 Å². The lowest BCUT2D eigenvalue weighted by atomic mass is 9.96. The summed E-state index contributed by atoms with van der Waals surface area (Å²) in [5, 5.41) is 10.3. The number of aliphatic hydroxyl groups is 1. The SMILES string of the molecule is CCCN(CC(C)C(O)c1ccccc1F)C1CC1. The van der Waals surface area contributed by atoms with Crippen molar-refractivity contribution in [3.05, 3.63) is 35.6 Å². The van der Waals surface area contributed by atoms with Crippen LogP contribution in [0.1, 0.15) is 44.8 Å². The van der Waals surface area contributed by atoms with E-state index in [0.717, 1.165) is 19.5 Å². The Bertz CT molecular complexity index is 405. The maximum Gasteiger partial charge on any atom is 0.129 e. The van der Waals surface area contributed by atoms with Crippen molar-refractivity contribution < 1.29 is 9.50 Å². The number of rotatable bonds is 7. The van der Waals surface area contributed by atoms with Crippen LogP contribution >= 0.6 is 0 Å². The topological polar surface area (TPSA) is 23.5 Å². The predicted molar refractivity (Wildman–Crippen MR) is 75.4 cm³/mol. The maximum absolute atomic E-state index is 13.7. The van der Waals surface area contributed by atoms with Crippen LogP contribution in [0.3, 0.4) is 0 Å². The lowest BCUT2D eigenvalue weighted by molar-refractivity contribution is 0.0828.